The summed E-state index contributed by atoms with van der Waals surface area (Å²) in [6.45, 7) is 6.44. The smallest absolute Gasteiger partial charge is 0.158 e. The fraction of sp³-hybridized carbons (Fsp3) is 0.692. The minimum absolute atomic E-state index is 0.415. The van der Waals surface area contributed by atoms with Crippen LogP contribution in [0.3, 0.4) is 0 Å². The highest BCUT2D eigenvalue weighted by Gasteiger charge is 2.19. The van der Waals surface area contributed by atoms with Gasteiger partial charge in [-0.2, -0.15) is 5.10 Å². The van der Waals surface area contributed by atoms with Crippen molar-refractivity contribution in [3.63, 3.8) is 0 Å². The molecule has 0 N–H and O–H groups in total. The quantitative estimate of drug-likeness (QED) is 0.777. The number of fused-ring (bicyclic) bond motifs is 1. The van der Waals surface area contributed by atoms with Gasteiger partial charge in [0.25, 0.3) is 0 Å². The summed E-state index contributed by atoms with van der Waals surface area (Å²) < 4.78 is 4.16. The highest BCUT2D eigenvalue weighted by atomic mass is 35.5. The molecule has 0 aliphatic heterocycles. The van der Waals surface area contributed by atoms with Gasteiger partial charge in [-0.15, -0.1) is 11.6 Å². The van der Waals surface area contributed by atoms with Crippen LogP contribution in [0.4, 0.5) is 0 Å². The van der Waals surface area contributed by atoms with E-state index in [1.165, 1.54) is 12.8 Å². The number of nitrogens with zero attached hydrogens (tertiary/aromatic N) is 4. The molecular formula is C13H21ClN4. The zero-order valence-corrected chi connectivity index (χ0v) is 12.3. The lowest BCUT2D eigenvalue weighted by Crippen LogP contribution is -2.11. The van der Waals surface area contributed by atoms with E-state index in [0.29, 0.717) is 11.9 Å². The van der Waals surface area contributed by atoms with Crippen LogP contribution in [-0.4, -0.2) is 19.3 Å². The summed E-state index contributed by atoms with van der Waals surface area (Å²) in [4.78, 5) is 4.63. The number of aromatic nitrogens is 4. The van der Waals surface area contributed by atoms with Gasteiger partial charge in [-0.05, 0) is 20.3 Å². The molecule has 1 atom stereocenters. The number of imidazole rings is 1. The Morgan fingerprint density at radius 3 is 2.72 bits per heavy atom. The minimum atomic E-state index is 0.415. The van der Waals surface area contributed by atoms with Gasteiger partial charge in [0.2, 0.25) is 0 Å². The molecule has 0 fully saturated rings. The highest BCUT2D eigenvalue weighted by molar-refractivity contribution is 6.16. The maximum atomic E-state index is 6.03. The molecule has 1 unspecified atom stereocenters. The number of unbranched alkanes of at least 4 members (excludes halogenated alkanes) is 1. The van der Waals surface area contributed by atoms with Crippen LogP contribution < -0.4 is 0 Å². The first-order valence-electron chi connectivity index (χ1n) is 6.56. The third-order valence-corrected chi connectivity index (χ3v) is 3.68. The standard InChI is InChI=1S/C13H21ClN4/c1-5-6-7-9(2)18-11(8-14)15-12-10(3)16-17(4)13(12)18/h9H,5-8H2,1-4H3. The molecular weight excluding hydrogens is 248 g/mol. The van der Waals surface area contributed by atoms with Gasteiger partial charge in [0.05, 0.1) is 11.6 Å². The predicted molar refractivity (Wildman–Crippen MR) is 75.0 cm³/mol. The third-order valence-electron chi connectivity index (χ3n) is 3.44. The minimum Gasteiger partial charge on any atom is -0.309 e. The first kappa shape index (κ1) is 13.4. The van der Waals surface area contributed by atoms with Gasteiger partial charge in [-0.3, -0.25) is 4.68 Å². The van der Waals surface area contributed by atoms with Gasteiger partial charge in [0, 0.05) is 13.1 Å². The second kappa shape index (κ2) is 5.31. The molecule has 0 spiro atoms. The average Bonchev–Trinajstić information content (AvgIpc) is 2.85. The van der Waals surface area contributed by atoms with Gasteiger partial charge in [0.15, 0.2) is 5.65 Å². The van der Waals surface area contributed by atoms with Crippen LogP contribution in [-0.2, 0) is 12.9 Å². The molecule has 18 heavy (non-hydrogen) atoms. The van der Waals surface area contributed by atoms with Crippen molar-refractivity contribution in [2.24, 2.45) is 7.05 Å². The van der Waals surface area contributed by atoms with Crippen LogP contribution in [0.2, 0.25) is 0 Å². The van der Waals surface area contributed by atoms with Gasteiger partial charge in [-0.25, -0.2) is 4.98 Å². The van der Waals surface area contributed by atoms with Crippen LogP contribution in [0, 0.1) is 6.92 Å². The second-order valence-electron chi connectivity index (χ2n) is 4.90. The Labute approximate surface area is 113 Å². The van der Waals surface area contributed by atoms with E-state index in [4.69, 9.17) is 11.6 Å². The fourth-order valence-corrected chi connectivity index (χ4v) is 2.72. The van der Waals surface area contributed by atoms with Crippen molar-refractivity contribution in [2.45, 2.75) is 52.0 Å². The zero-order chi connectivity index (χ0) is 13.3. The molecule has 0 aliphatic rings. The second-order valence-corrected chi connectivity index (χ2v) is 5.17. The molecule has 0 bridgehead atoms. The molecule has 100 valence electrons. The maximum Gasteiger partial charge on any atom is 0.158 e. The van der Waals surface area contributed by atoms with E-state index in [1.54, 1.807) is 0 Å². The summed E-state index contributed by atoms with van der Waals surface area (Å²) in [5.74, 6) is 1.40. The van der Waals surface area contributed by atoms with Gasteiger partial charge < -0.3 is 4.57 Å². The lowest BCUT2D eigenvalue weighted by molar-refractivity contribution is 0.477. The molecule has 5 heteroatoms. The SMILES string of the molecule is CCCCC(C)n1c(CCl)nc2c(C)nn(C)c21. The Morgan fingerprint density at radius 1 is 1.39 bits per heavy atom. The number of hydrogen-bond donors (Lipinski definition) is 0. The molecule has 2 rings (SSSR count). The van der Waals surface area contributed by atoms with E-state index in [0.717, 1.165) is 29.1 Å². The largest absolute Gasteiger partial charge is 0.309 e. The third kappa shape index (κ3) is 2.14. The first-order valence-corrected chi connectivity index (χ1v) is 7.10. The summed E-state index contributed by atoms with van der Waals surface area (Å²) >= 11 is 6.03. The van der Waals surface area contributed by atoms with E-state index < -0.39 is 0 Å². The maximum absolute atomic E-state index is 6.03. The summed E-state index contributed by atoms with van der Waals surface area (Å²) in [5.41, 5.74) is 3.04. The van der Waals surface area contributed by atoms with Crippen molar-refractivity contribution in [3.05, 3.63) is 11.5 Å². The van der Waals surface area contributed by atoms with Gasteiger partial charge >= 0.3 is 0 Å². The van der Waals surface area contributed by atoms with Crippen molar-refractivity contribution < 1.29 is 0 Å². The Bertz CT molecular complexity index is 541. The van der Waals surface area contributed by atoms with Crippen molar-refractivity contribution in [3.8, 4) is 0 Å². The van der Waals surface area contributed by atoms with Crippen LogP contribution in [0.1, 0.15) is 50.7 Å². The summed E-state index contributed by atoms with van der Waals surface area (Å²) in [7, 11) is 1.97. The summed E-state index contributed by atoms with van der Waals surface area (Å²) in [6, 6.07) is 0.415. The number of rotatable bonds is 5. The molecule has 0 radical (unpaired) electrons. The molecule has 0 aromatic carbocycles. The van der Waals surface area contributed by atoms with E-state index in [-0.39, 0.29) is 0 Å². The van der Waals surface area contributed by atoms with E-state index >= 15 is 0 Å². The average molecular weight is 269 g/mol. The first-order chi connectivity index (χ1) is 8.60. The summed E-state index contributed by atoms with van der Waals surface area (Å²) in [5, 5.41) is 4.44. The monoisotopic (exact) mass is 268 g/mol. The Kier molecular flexibility index (Phi) is 3.95. The van der Waals surface area contributed by atoms with Gasteiger partial charge in [0.1, 0.15) is 11.3 Å². The molecule has 2 aromatic rings. The lowest BCUT2D eigenvalue weighted by Gasteiger charge is -2.16. The Balaban J connectivity index is 2.52. The summed E-state index contributed by atoms with van der Waals surface area (Å²) in [6.07, 6.45) is 3.58. The van der Waals surface area contributed by atoms with Crippen molar-refractivity contribution >= 4 is 22.8 Å². The van der Waals surface area contributed by atoms with E-state index in [9.17, 15) is 0 Å². The number of aryl methyl sites for hydroxylation is 2. The van der Waals surface area contributed by atoms with Crippen LogP contribution in [0.5, 0.6) is 0 Å². The van der Waals surface area contributed by atoms with Crippen LogP contribution in [0.15, 0.2) is 0 Å². The van der Waals surface area contributed by atoms with Crippen molar-refractivity contribution in [1.29, 1.82) is 0 Å². The highest BCUT2D eigenvalue weighted by Crippen LogP contribution is 2.26. The molecule has 0 saturated heterocycles. The molecule has 0 aliphatic carbocycles. The lowest BCUT2D eigenvalue weighted by atomic mass is 10.1. The van der Waals surface area contributed by atoms with Crippen LogP contribution >= 0.6 is 11.6 Å². The molecule has 2 heterocycles. The molecule has 2 aromatic heterocycles. The molecule has 0 saturated carbocycles. The Hall–Kier alpha value is -1.03. The van der Waals surface area contributed by atoms with Crippen molar-refractivity contribution in [2.75, 3.05) is 0 Å². The molecule has 4 nitrogen and oxygen atoms in total. The van der Waals surface area contributed by atoms with E-state index in [2.05, 4.69) is 28.5 Å². The fourth-order valence-electron chi connectivity index (χ4n) is 2.53. The number of alkyl halides is 1. The van der Waals surface area contributed by atoms with E-state index in [1.807, 2.05) is 18.7 Å². The predicted octanol–water partition coefficient (Wildman–Crippen LogP) is 3.57. The van der Waals surface area contributed by atoms with Gasteiger partial charge in [-0.1, -0.05) is 19.8 Å². The number of halogens is 1. The van der Waals surface area contributed by atoms with Crippen molar-refractivity contribution in [1.82, 2.24) is 19.3 Å². The zero-order valence-electron chi connectivity index (χ0n) is 11.6. The van der Waals surface area contributed by atoms with Crippen LogP contribution in [0.25, 0.3) is 11.2 Å². The number of hydrogen-bond acceptors (Lipinski definition) is 2. The normalized spacial score (nSPS) is 13.4. The Morgan fingerprint density at radius 2 is 2.11 bits per heavy atom. The molecule has 0 amide bonds. The topological polar surface area (TPSA) is 35.6 Å².